The van der Waals surface area contributed by atoms with Crippen LogP contribution in [0, 0.1) is 0 Å². The van der Waals surface area contributed by atoms with Gasteiger partial charge in [0, 0.05) is 31.0 Å². The maximum atomic E-state index is 14.6. The van der Waals surface area contributed by atoms with Crippen LogP contribution in [0.15, 0.2) is 33.9 Å². The number of anilines is 1. The topological polar surface area (TPSA) is 108 Å². The molecule has 1 amide bonds. The van der Waals surface area contributed by atoms with Crippen molar-refractivity contribution in [3.63, 3.8) is 0 Å². The van der Waals surface area contributed by atoms with Gasteiger partial charge in [0.05, 0.1) is 34.4 Å². The van der Waals surface area contributed by atoms with Gasteiger partial charge in [-0.3, -0.25) is 4.79 Å². The summed E-state index contributed by atoms with van der Waals surface area (Å²) in [4.78, 5) is 18.0. The summed E-state index contributed by atoms with van der Waals surface area (Å²) in [6.45, 7) is 0.786. The highest BCUT2D eigenvalue weighted by molar-refractivity contribution is 8.00. The van der Waals surface area contributed by atoms with Gasteiger partial charge in [0.15, 0.2) is 0 Å². The van der Waals surface area contributed by atoms with E-state index in [1.54, 1.807) is 12.1 Å². The van der Waals surface area contributed by atoms with Crippen LogP contribution in [-0.4, -0.2) is 73.9 Å². The lowest BCUT2D eigenvalue weighted by atomic mass is 10.0. The Morgan fingerprint density at radius 2 is 2.17 bits per heavy atom. The minimum absolute atomic E-state index is 0.0224. The molecule has 1 saturated carbocycles. The number of rotatable bonds is 7. The Hall–Kier alpha value is -2.84. The van der Waals surface area contributed by atoms with Crippen molar-refractivity contribution in [3.05, 3.63) is 30.3 Å². The zero-order chi connectivity index (χ0) is 25.7. The number of amides is 1. The molecule has 3 aromatic heterocycles. The van der Waals surface area contributed by atoms with Crippen LogP contribution >= 0.6 is 11.8 Å². The summed E-state index contributed by atoms with van der Waals surface area (Å²) < 4.78 is 61.6. The number of piperidine rings is 1. The number of carbonyl (C=O) groups excluding carboxylic acids is 1. The molecule has 1 aliphatic carbocycles. The van der Waals surface area contributed by atoms with Crippen molar-refractivity contribution >= 4 is 28.9 Å². The zero-order valence-corrected chi connectivity index (χ0v) is 20.0. The number of aliphatic hydroxyl groups is 1. The van der Waals surface area contributed by atoms with Crippen LogP contribution in [-0.2, 0) is 11.3 Å². The van der Waals surface area contributed by atoms with Gasteiger partial charge in [0.25, 0.3) is 5.91 Å². The Balaban J connectivity index is 1.45. The van der Waals surface area contributed by atoms with E-state index < -0.39 is 29.2 Å². The van der Waals surface area contributed by atoms with E-state index in [1.165, 1.54) is 16.7 Å². The number of nitrogens with one attached hydrogen (secondary N) is 2. The highest BCUT2D eigenvalue weighted by Crippen LogP contribution is 2.44. The highest BCUT2D eigenvalue weighted by atomic mass is 32.2. The van der Waals surface area contributed by atoms with Crippen molar-refractivity contribution in [1.82, 2.24) is 24.8 Å². The molecule has 9 nitrogen and oxygen atoms in total. The molecule has 3 N–H and O–H groups in total. The van der Waals surface area contributed by atoms with E-state index in [1.807, 2.05) is 11.9 Å². The van der Waals surface area contributed by atoms with Gasteiger partial charge in [-0.15, -0.1) is 0 Å². The molecule has 1 saturated heterocycles. The van der Waals surface area contributed by atoms with Gasteiger partial charge in [-0.05, 0) is 44.5 Å². The van der Waals surface area contributed by atoms with Crippen LogP contribution in [0.25, 0.3) is 16.9 Å². The standard InChI is InChI=1S/C22H24F4N6O3S/c1-31-8-4-14(13(23)11-31)28-15-3-2-7-32-16(15)9-12(19(32)36-22(24,25)26)18-29-17(35-30-18)10-27-20(33)21(34)5-6-21/h2-3,7,9,13-14,28,34H,4-6,8,10-11H2,1H3,(H,27,33)/t13-,14+/m0/s1. The summed E-state index contributed by atoms with van der Waals surface area (Å²) in [6, 6.07) is 4.29. The SMILES string of the molecule is CN1CC[C@@H](Nc2cccn3c(SC(F)(F)F)c(-c4noc(CNC(=O)C5(O)CC5)n4)cc23)[C@@H](F)C1. The minimum atomic E-state index is -4.59. The first-order valence-electron chi connectivity index (χ1n) is 11.3. The number of thioether (sulfide) groups is 1. The van der Waals surface area contributed by atoms with Crippen molar-refractivity contribution in [3.8, 4) is 11.4 Å². The number of hydrogen-bond acceptors (Lipinski definition) is 8. The lowest BCUT2D eigenvalue weighted by molar-refractivity contribution is -0.131. The summed E-state index contributed by atoms with van der Waals surface area (Å²) in [7, 11) is 1.84. The molecule has 0 unspecified atom stereocenters. The first-order valence-corrected chi connectivity index (χ1v) is 12.2. The Morgan fingerprint density at radius 3 is 2.86 bits per heavy atom. The number of pyridine rings is 1. The van der Waals surface area contributed by atoms with Crippen LogP contribution < -0.4 is 10.6 Å². The number of hydrogen-bond donors (Lipinski definition) is 3. The molecule has 3 aromatic rings. The zero-order valence-electron chi connectivity index (χ0n) is 19.2. The monoisotopic (exact) mass is 528 g/mol. The molecule has 2 atom stereocenters. The summed E-state index contributed by atoms with van der Waals surface area (Å²) in [5, 5.41) is 19.1. The Kier molecular flexibility index (Phi) is 6.37. The molecule has 0 aromatic carbocycles. The second-order valence-electron chi connectivity index (χ2n) is 9.13. The van der Waals surface area contributed by atoms with Gasteiger partial charge in [0.2, 0.25) is 11.7 Å². The van der Waals surface area contributed by atoms with Crippen molar-refractivity contribution in [2.45, 2.75) is 54.2 Å². The van der Waals surface area contributed by atoms with E-state index >= 15 is 0 Å². The lowest BCUT2D eigenvalue weighted by Crippen LogP contribution is -2.46. The third-order valence-corrected chi connectivity index (χ3v) is 7.16. The third kappa shape index (κ3) is 5.15. The van der Waals surface area contributed by atoms with E-state index in [9.17, 15) is 27.5 Å². The van der Waals surface area contributed by atoms with E-state index in [2.05, 4.69) is 20.8 Å². The van der Waals surface area contributed by atoms with Gasteiger partial charge in [0.1, 0.15) is 11.8 Å². The molecule has 5 rings (SSSR count). The van der Waals surface area contributed by atoms with Gasteiger partial charge < -0.3 is 29.6 Å². The summed E-state index contributed by atoms with van der Waals surface area (Å²) in [5.41, 5.74) is -5.01. The number of aromatic nitrogens is 3. The molecule has 0 spiro atoms. The first kappa shape index (κ1) is 24.8. The molecule has 2 aliphatic rings. The number of alkyl halides is 4. The first-order chi connectivity index (χ1) is 17.0. The average Bonchev–Trinajstić information content (AvgIpc) is 3.23. The van der Waals surface area contributed by atoms with Gasteiger partial charge >= 0.3 is 5.51 Å². The predicted octanol–water partition coefficient (Wildman–Crippen LogP) is 3.20. The fourth-order valence-corrected chi connectivity index (χ4v) is 4.93. The van der Waals surface area contributed by atoms with E-state index in [0.717, 1.165) is 0 Å². The molecule has 1 aliphatic heterocycles. The molecular formula is C22H24F4N6O3S. The minimum Gasteiger partial charge on any atom is -0.380 e. The second-order valence-corrected chi connectivity index (χ2v) is 10.2. The van der Waals surface area contributed by atoms with Crippen LogP contribution in [0.1, 0.15) is 25.2 Å². The molecule has 0 radical (unpaired) electrons. The molecule has 2 fully saturated rings. The van der Waals surface area contributed by atoms with Crippen molar-refractivity contribution in [2.75, 3.05) is 25.5 Å². The molecule has 194 valence electrons. The van der Waals surface area contributed by atoms with E-state index in [-0.39, 0.29) is 47.2 Å². The largest absolute Gasteiger partial charge is 0.447 e. The van der Waals surface area contributed by atoms with Crippen molar-refractivity contribution in [2.24, 2.45) is 0 Å². The molecule has 14 heteroatoms. The number of nitrogens with zero attached hydrogens (tertiary/aromatic N) is 4. The van der Waals surface area contributed by atoms with E-state index in [0.29, 0.717) is 37.0 Å². The maximum absolute atomic E-state index is 14.6. The Morgan fingerprint density at radius 1 is 1.39 bits per heavy atom. The summed E-state index contributed by atoms with van der Waals surface area (Å²) in [6.07, 6.45) is 1.62. The number of likely N-dealkylation sites (tertiary alicyclic amines) is 1. The van der Waals surface area contributed by atoms with Crippen LogP contribution in [0.5, 0.6) is 0 Å². The number of halogens is 4. The molecule has 4 heterocycles. The average molecular weight is 529 g/mol. The van der Waals surface area contributed by atoms with Gasteiger partial charge in [-0.1, -0.05) is 5.16 Å². The number of carbonyl (C=O) groups is 1. The Labute approximate surface area is 207 Å². The quantitative estimate of drug-likeness (QED) is 0.317. The predicted molar refractivity (Wildman–Crippen MR) is 123 cm³/mol. The summed E-state index contributed by atoms with van der Waals surface area (Å²) >= 11 is -0.317. The van der Waals surface area contributed by atoms with Crippen molar-refractivity contribution in [1.29, 1.82) is 0 Å². The molecule has 36 heavy (non-hydrogen) atoms. The van der Waals surface area contributed by atoms with Gasteiger partial charge in [-0.2, -0.15) is 18.2 Å². The maximum Gasteiger partial charge on any atom is 0.447 e. The fourth-order valence-electron chi connectivity index (χ4n) is 4.19. The lowest BCUT2D eigenvalue weighted by Gasteiger charge is -2.33. The molecular weight excluding hydrogens is 504 g/mol. The van der Waals surface area contributed by atoms with E-state index in [4.69, 9.17) is 4.52 Å². The Bertz CT molecular complexity index is 1270. The second kappa shape index (κ2) is 9.23. The third-order valence-electron chi connectivity index (χ3n) is 6.32. The fraction of sp³-hybridized carbons (Fsp3) is 0.500. The normalized spacial score (nSPS) is 22.1. The van der Waals surface area contributed by atoms with Crippen LogP contribution in [0.2, 0.25) is 0 Å². The summed E-state index contributed by atoms with van der Waals surface area (Å²) in [5.74, 6) is -0.680. The molecule has 0 bridgehead atoms. The highest BCUT2D eigenvalue weighted by Gasteiger charge is 2.48. The van der Waals surface area contributed by atoms with Crippen molar-refractivity contribution < 1.29 is 32.0 Å². The number of fused-ring (bicyclic) bond motifs is 1. The smallest absolute Gasteiger partial charge is 0.380 e. The van der Waals surface area contributed by atoms with Gasteiger partial charge in [-0.25, -0.2) is 4.39 Å². The van der Waals surface area contributed by atoms with Crippen LogP contribution in [0.4, 0.5) is 23.2 Å². The van der Waals surface area contributed by atoms with Crippen LogP contribution in [0.3, 0.4) is 0 Å².